The lowest BCUT2D eigenvalue weighted by atomic mass is 10.1. The molecule has 3 nitrogen and oxygen atoms in total. The average Bonchev–Trinajstić information content (AvgIpc) is 2.81. The fraction of sp³-hybridized carbons (Fsp3) is 0.296. The van der Waals surface area contributed by atoms with Gasteiger partial charge >= 0.3 is 0 Å². The van der Waals surface area contributed by atoms with Crippen molar-refractivity contribution in [2.75, 3.05) is 18.4 Å². The molecule has 0 aliphatic carbocycles. The molecule has 1 aliphatic rings. The third-order valence-corrected chi connectivity index (χ3v) is 6.84. The van der Waals surface area contributed by atoms with Crippen molar-refractivity contribution in [2.24, 2.45) is 0 Å². The van der Waals surface area contributed by atoms with Gasteiger partial charge in [-0.3, -0.25) is 9.69 Å². The van der Waals surface area contributed by atoms with E-state index in [1.54, 1.807) is 0 Å². The van der Waals surface area contributed by atoms with E-state index in [4.69, 9.17) is 0 Å². The number of hydrogen-bond donors (Lipinski definition) is 1. The van der Waals surface area contributed by atoms with Crippen LogP contribution in [0.1, 0.15) is 46.3 Å². The van der Waals surface area contributed by atoms with E-state index in [0.29, 0.717) is 5.56 Å². The van der Waals surface area contributed by atoms with Crippen LogP contribution in [0.2, 0.25) is 0 Å². The number of carbonyl (C=O) groups is 1. The van der Waals surface area contributed by atoms with Gasteiger partial charge in [-0.25, -0.2) is 0 Å². The van der Waals surface area contributed by atoms with Crippen molar-refractivity contribution in [2.45, 2.75) is 43.4 Å². The molecule has 160 valence electrons. The molecule has 1 heterocycles. The molecule has 0 unspecified atom stereocenters. The molecule has 3 aromatic carbocycles. The Kier molecular flexibility index (Phi) is 7.44. The topological polar surface area (TPSA) is 32.3 Å². The summed E-state index contributed by atoms with van der Waals surface area (Å²) >= 11 is 1.82. The van der Waals surface area contributed by atoms with E-state index in [9.17, 15) is 4.79 Å². The predicted octanol–water partition coefficient (Wildman–Crippen LogP) is 6.53. The normalized spacial score (nSPS) is 14.4. The Morgan fingerprint density at radius 1 is 0.903 bits per heavy atom. The van der Waals surface area contributed by atoms with E-state index in [0.717, 1.165) is 23.5 Å². The molecular weight excluding hydrogens is 400 g/mol. The monoisotopic (exact) mass is 430 g/mol. The van der Waals surface area contributed by atoms with E-state index in [-0.39, 0.29) is 5.91 Å². The first-order valence-electron chi connectivity index (χ1n) is 11.1. The van der Waals surface area contributed by atoms with Crippen molar-refractivity contribution in [3.63, 3.8) is 0 Å². The molecule has 1 fully saturated rings. The molecule has 0 aromatic heterocycles. The van der Waals surface area contributed by atoms with Crippen LogP contribution in [0, 0.1) is 6.92 Å². The lowest BCUT2D eigenvalue weighted by Gasteiger charge is -2.26. The number of likely N-dealkylation sites (tertiary alicyclic amines) is 1. The molecule has 0 bridgehead atoms. The summed E-state index contributed by atoms with van der Waals surface area (Å²) in [6.07, 6.45) is 3.94. The van der Waals surface area contributed by atoms with Crippen LogP contribution >= 0.6 is 11.8 Å². The van der Waals surface area contributed by atoms with Gasteiger partial charge in [0.1, 0.15) is 0 Å². The molecule has 1 amide bonds. The van der Waals surface area contributed by atoms with Crippen LogP contribution in [0.5, 0.6) is 0 Å². The Labute approximate surface area is 189 Å². The zero-order valence-corrected chi connectivity index (χ0v) is 19.0. The largest absolute Gasteiger partial charge is 0.322 e. The quantitative estimate of drug-likeness (QED) is 0.433. The highest BCUT2D eigenvalue weighted by Gasteiger charge is 2.12. The molecule has 0 spiro atoms. The number of piperidine rings is 1. The number of benzene rings is 3. The van der Waals surface area contributed by atoms with E-state index < -0.39 is 0 Å². The molecule has 1 aliphatic heterocycles. The van der Waals surface area contributed by atoms with Gasteiger partial charge in [0.05, 0.1) is 0 Å². The van der Waals surface area contributed by atoms with Crippen LogP contribution in [0.4, 0.5) is 5.69 Å². The maximum atomic E-state index is 12.7. The number of aryl methyl sites for hydroxylation is 1. The minimum atomic E-state index is -0.0565. The second kappa shape index (κ2) is 10.7. The molecule has 31 heavy (non-hydrogen) atoms. The first kappa shape index (κ1) is 21.7. The summed E-state index contributed by atoms with van der Waals surface area (Å²) in [5, 5.41) is 3.07. The zero-order chi connectivity index (χ0) is 21.5. The third-order valence-electron chi connectivity index (χ3n) is 5.76. The molecular formula is C27H30N2OS. The molecule has 0 radical (unpaired) electrons. The number of hydrogen-bond acceptors (Lipinski definition) is 3. The average molecular weight is 431 g/mol. The summed E-state index contributed by atoms with van der Waals surface area (Å²) in [5.74, 6) is 0.858. The first-order chi connectivity index (χ1) is 15.2. The van der Waals surface area contributed by atoms with Crippen molar-refractivity contribution < 1.29 is 4.79 Å². The molecule has 3 aromatic rings. The Morgan fingerprint density at radius 2 is 1.61 bits per heavy atom. The van der Waals surface area contributed by atoms with Gasteiger partial charge < -0.3 is 5.32 Å². The van der Waals surface area contributed by atoms with E-state index in [1.165, 1.54) is 48.4 Å². The van der Waals surface area contributed by atoms with Crippen LogP contribution in [0.15, 0.2) is 77.7 Å². The summed E-state index contributed by atoms with van der Waals surface area (Å²) in [6.45, 7) is 5.39. The maximum absolute atomic E-state index is 12.7. The highest BCUT2D eigenvalue weighted by Crippen LogP contribution is 2.25. The van der Waals surface area contributed by atoms with Crippen molar-refractivity contribution in [3.05, 3.63) is 95.1 Å². The van der Waals surface area contributed by atoms with Gasteiger partial charge in [-0.15, -0.1) is 11.8 Å². The number of thioether (sulfide) groups is 1. The van der Waals surface area contributed by atoms with Crippen molar-refractivity contribution in [3.8, 4) is 0 Å². The molecule has 4 heteroatoms. The van der Waals surface area contributed by atoms with Crippen molar-refractivity contribution >= 4 is 23.4 Å². The third kappa shape index (κ3) is 6.22. The Hall–Kier alpha value is -2.56. The zero-order valence-electron chi connectivity index (χ0n) is 18.1. The van der Waals surface area contributed by atoms with Crippen LogP contribution in [-0.4, -0.2) is 23.9 Å². The predicted molar refractivity (Wildman–Crippen MR) is 131 cm³/mol. The van der Waals surface area contributed by atoms with Gasteiger partial charge in [-0.1, -0.05) is 48.9 Å². The Balaban J connectivity index is 1.33. The number of nitrogens with one attached hydrogen (secondary N) is 1. The van der Waals surface area contributed by atoms with Crippen LogP contribution < -0.4 is 5.32 Å². The van der Waals surface area contributed by atoms with Gasteiger partial charge in [0.25, 0.3) is 5.91 Å². The maximum Gasteiger partial charge on any atom is 0.255 e. The SMILES string of the molecule is Cc1cc(CSc2ccccc2)ccc1NC(=O)c1ccc(CN2CCCCC2)cc1. The van der Waals surface area contributed by atoms with Gasteiger partial charge in [0.15, 0.2) is 0 Å². The number of amides is 1. The summed E-state index contributed by atoms with van der Waals surface area (Å²) < 4.78 is 0. The highest BCUT2D eigenvalue weighted by atomic mass is 32.2. The molecule has 4 rings (SSSR count). The lowest BCUT2D eigenvalue weighted by Crippen LogP contribution is -2.29. The second-order valence-corrected chi connectivity index (χ2v) is 9.29. The second-order valence-electron chi connectivity index (χ2n) is 8.24. The van der Waals surface area contributed by atoms with Crippen LogP contribution in [0.25, 0.3) is 0 Å². The number of carbonyl (C=O) groups excluding carboxylic acids is 1. The van der Waals surface area contributed by atoms with Gasteiger partial charge in [0.2, 0.25) is 0 Å². The number of rotatable bonds is 7. The van der Waals surface area contributed by atoms with E-state index in [1.807, 2.05) is 43.0 Å². The molecule has 1 saturated heterocycles. The Morgan fingerprint density at radius 3 is 2.32 bits per heavy atom. The van der Waals surface area contributed by atoms with Gasteiger partial charge in [-0.2, -0.15) is 0 Å². The van der Waals surface area contributed by atoms with Crippen LogP contribution in [0.3, 0.4) is 0 Å². The standard InChI is InChI=1S/C27H30N2OS/c1-21-18-23(20-31-25-8-4-2-5-9-25)12-15-26(21)28-27(30)24-13-10-22(11-14-24)19-29-16-6-3-7-17-29/h2,4-5,8-15,18H,3,6-7,16-17,19-20H2,1H3,(H,28,30). The molecule has 0 atom stereocenters. The van der Waals surface area contributed by atoms with Crippen LogP contribution in [-0.2, 0) is 12.3 Å². The fourth-order valence-corrected chi connectivity index (χ4v) is 4.83. The highest BCUT2D eigenvalue weighted by molar-refractivity contribution is 7.98. The van der Waals surface area contributed by atoms with Crippen molar-refractivity contribution in [1.29, 1.82) is 0 Å². The van der Waals surface area contributed by atoms with E-state index >= 15 is 0 Å². The lowest BCUT2D eigenvalue weighted by molar-refractivity contribution is 0.102. The molecule has 0 saturated carbocycles. The minimum Gasteiger partial charge on any atom is -0.322 e. The van der Waals surface area contributed by atoms with Gasteiger partial charge in [-0.05, 0) is 79.9 Å². The van der Waals surface area contributed by atoms with E-state index in [2.05, 4.69) is 58.7 Å². The van der Waals surface area contributed by atoms with Crippen molar-refractivity contribution in [1.82, 2.24) is 4.90 Å². The minimum absolute atomic E-state index is 0.0565. The van der Waals surface area contributed by atoms with Gasteiger partial charge in [0, 0.05) is 28.4 Å². The summed E-state index contributed by atoms with van der Waals surface area (Å²) in [6, 6.07) is 24.7. The summed E-state index contributed by atoms with van der Waals surface area (Å²) in [4.78, 5) is 16.5. The Bertz CT molecular complexity index is 996. The summed E-state index contributed by atoms with van der Waals surface area (Å²) in [7, 11) is 0. The summed E-state index contributed by atoms with van der Waals surface area (Å²) in [5.41, 5.74) is 5.18. The first-order valence-corrected chi connectivity index (χ1v) is 12.1. The number of anilines is 1. The molecule has 1 N–H and O–H groups in total. The number of nitrogens with zero attached hydrogens (tertiary/aromatic N) is 1. The smallest absolute Gasteiger partial charge is 0.255 e. The fourth-order valence-electron chi connectivity index (χ4n) is 3.97.